The highest BCUT2D eigenvalue weighted by atomic mass is 32.2. The third kappa shape index (κ3) is 3.84. The van der Waals surface area contributed by atoms with Crippen LogP contribution in [0.5, 0.6) is 0 Å². The predicted molar refractivity (Wildman–Crippen MR) is 87.6 cm³/mol. The normalized spacial score (nSPS) is 10.8. The third-order valence-corrected chi connectivity index (χ3v) is 4.02. The summed E-state index contributed by atoms with van der Waals surface area (Å²) in [5, 5.41) is 12.4. The number of nitrogens with one attached hydrogen (secondary N) is 1. The number of hydrogen-bond acceptors (Lipinski definition) is 6. The lowest BCUT2D eigenvalue weighted by atomic mass is 10.2. The molecule has 1 aromatic carbocycles. The maximum atomic E-state index is 11.7. The van der Waals surface area contributed by atoms with Gasteiger partial charge in [0.2, 0.25) is 0 Å². The van der Waals surface area contributed by atoms with Crippen molar-refractivity contribution < 1.29 is 0 Å². The van der Waals surface area contributed by atoms with E-state index in [0.29, 0.717) is 16.7 Å². The van der Waals surface area contributed by atoms with Crippen molar-refractivity contribution in [3.8, 4) is 5.69 Å². The summed E-state index contributed by atoms with van der Waals surface area (Å²) < 4.78 is 1.68. The van der Waals surface area contributed by atoms with Gasteiger partial charge in [-0.3, -0.25) is 4.79 Å². The Labute approximate surface area is 137 Å². The number of H-pyrrole nitrogens is 1. The molecule has 0 unspecified atom stereocenters. The van der Waals surface area contributed by atoms with Gasteiger partial charge in [0.15, 0.2) is 11.0 Å². The van der Waals surface area contributed by atoms with Crippen molar-refractivity contribution in [2.45, 2.75) is 30.7 Å². The SMILES string of the molecule is CCCc1cc(=O)[nH]c(SCc2nnnn2-c2ccccc2)n1. The van der Waals surface area contributed by atoms with E-state index >= 15 is 0 Å². The fraction of sp³-hybridized carbons (Fsp3) is 0.267. The van der Waals surface area contributed by atoms with Gasteiger partial charge in [-0.15, -0.1) is 5.10 Å². The van der Waals surface area contributed by atoms with Crippen molar-refractivity contribution in [2.24, 2.45) is 0 Å². The van der Waals surface area contributed by atoms with Gasteiger partial charge in [-0.1, -0.05) is 43.3 Å². The van der Waals surface area contributed by atoms with Gasteiger partial charge in [0, 0.05) is 11.8 Å². The summed E-state index contributed by atoms with van der Waals surface area (Å²) in [6, 6.07) is 11.2. The van der Waals surface area contributed by atoms with E-state index < -0.39 is 0 Å². The predicted octanol–water partition coefficient (Wildman–Crippen LogP) is 1.99. The first kappa shape index (κ1) is 15.4. The number of rotatable bonds is 6. The molecule has 3 aromatic rings. The zero-order chi connectivity index (χ0) is 16.1. The van der Waals surface area contributed by atoms with E-state index in [2.05, 4.69) is 32.4 Å². The lowest BCUT2D eigenvalue weighted by Crippen LogP contribution is -2.10. The molecule has 0 aliphatic heterocycles. The Morgan fingerprint density at radius 1 is 1.26 bits per heavy atom. The number of aromatic amines is 1. The van der Waals surface area contributed by atoms with E-state index in [0.717, 1.165) is 24.2 Å². The average molecular weight is 328 g/mol. The molecule has 118 valence electrons. The lowest BCUT2D eigenvalue weighted by molar-refractivity contribution is 0.776. The number of nitrogens with zero attached hydrogens (tertiary/aromatic N) is 5. The summed E-state index contributed by atoms with van der Waals surface area (Å²) in [7, 11) is 0. The molecule has 0 spiro atoms. The van der Waals surface area contributed by atoms with Crippen LogP contribution in [0.4, 0.5) is 0 Å². The van der Waals surface area contributed by atoms with E-state index in [1.165, 1.54) is 11.8 Å². The summed E-state index contributed by atoms with van der Waals surface area (Å²) in [5.74, 6) is 1.21. The fourth-order valence-electron chi connectivity index (χ4n) is 2.13. The second-order valence-electron chi connectivity index (χ2n) is 4.92. The number of thioether (sulfide) groups is 1. The average Bonchev–Trinajstić information content (AvgIpc) is 3.02. The molecule has 0 radical (unpaired) electrons. The Morgan fingerprint density at radius 3 is 2.87 bits per heavy atom. The molecule has 0 aliphatic rings. The highest BCUT2D eigenvalue weighted by molar-refractivity contribution is 7.98. The summed E-state index contributed by atoms with van der Waals surface area (Å²) in [6.45, 7) is 2.06. The molecule has 1 N–H and O–H groups in total. The Kier molecular flexibility index (Phi) is 4.82. The molecule has 2 heterocycles. The molecular formula is C15H16N6OS. The van der Waals surface area contributed by atoms with Crippen LogP contribution in [-0.2, 0) is 12.2 Å². The molecule has 7 nitrogen and oxygen atoms in total. The zero-order valence-electron chi connectivity index (χ0n) is 12.6. The van der Waals surface area contributed by atoms with Crippen molar-refractivity contribution in [1.82, 2.24) is 30.2 Å². The Bertz CT molecular complexity index is 829. The molecule has 0 saturated carbocycles. The van der Waals surface area contributed by atoms with Crippen molar-refractivity contribution in [1.29, 1.82) is 0 Å². The standard InChI is InChI=1S/C15H16N6OS/c1-2-6-11-9-14(22)17-15(16-11)23-10-13-18-19-20-21(13)12-7-4-3-5-8-12/h3-5,7-9H,2,6,10H2,1H3,(H,16,17,22). The number of hydrogen-bond donors (Lipinski definition) is 1. The van der Waals surface area contributed by atoms with Crippen molar-refractivity contribution in [3.05, 3.63) is 58.3 Å². The molecule has 0 aliphatic carbocycles. The van der Waals surface area contributed by atoms with Gasteiger partial charge in [0.25, 0.3) is 5.56 Å². The summed E-state index contributed by atoms with van der Waals surface area (Å²) in [6.07, 6.45) is 1.74. The molecule has 0 bridgehead atoms. The zero-order valence-corrected chi connectivity index (χ0v) is 13.5. The van der Waals surface area contributed by atoms with Crippen LogP contribution in [-0.4, -0.2) is 30.2 Å². The molecule has 8 heteroatoms. The van der Waals surface area contributed by atoms with Crippen molar-refractivity contribution in [3.63, 3.8) is 0 Å². The molecule has 2 aromatic heterocycles. The molecule has 0 atom stereocenters. The second-order valence-corrected chi connectivity index (χ2v) is 5.89. The highest BCUT2D eigenvalue weighted by Crippen LogP contribution is 2.18. The minimum Gasteiger partial charge on any atom is -0.301 e. The van der Waals surface area contributed by atoms with Crippen LogP contribution in [0.15, 0.2) is 46.3 Å². The molecule has 0 fully saturated rings. The van der Waals surface area contributed by atoms with E-state index in [4.69, 9.17) is 0 Å². The van der Waals surface area contributed by atoms with E-state index in [1.807, 2.05) is 30.3 Å². The number of para-hydroxylation sites is 1. The molecule has 23 heavy (non-hydrogen) atoms. The van der Waals surface area contributed by atoms with Gasteiger partial charge in [-0.2, -0.15) is 4.68 Å². The largest absolute Gasteiger partial charge is 0.301 e. The number of benzene rings is 1. The number of aryl methyl sites for hydroxylation is 1. The van der Waals surface area contributed by atoms with Crippen LogP contribution in [0.25, 0.3) is 5.69 Å². The van der Waals surface area contributed by atoms with Crippen LogP contribution in [0, 0.1) is 0 Å². The minimum absolute atomic E-state index is 0.131. The maximum absolute atomic E-state index is 11.7. The van der Waals surface area contributed by atoms with Gasteiger partial charge in [0.1, 0.15) is 0 Å². The first-order valence-electron chi connectivity index (χ1n) is 7.32. The topological polar surface area (TPSA) is 89.4 Å². The van der Waals surface area contributed by atoms with Crippen LogP contribution < -0.4 is 5.56 Å². The molecule has 3 rings (SSSR count). The second kappa shape index (κ2) is 7.19. The molecule has 0 amide bonds. The summed E-state index contributed by atoms with van der Waals surface area (Å²) >= 11 is 1.41. The van der Waals surface area contributed by atoms with Gasteiger partial charge in [-0.25, -0.2) is 4.98 Å². The number of tetrazole rings is 1. The maximum Gasteiger partial charge on any atom is 0.251 e. The lowest BCUT2D eigenvalue weighted by Gasteiger charge is -2.05. The minimum atomic E-state index is -0.131. The van der Waals surface area contributed by atoms with Gasteiger partial charge < -0.3 is 4.98 Å². The van der Waals surface area contributed by atoms with Crippen molar-refractivity contribution >= 4 is 11.8 Å². The third-order valence-electron chi connectivity index (χ3n) is 3.15. The molecular weight excluding hydrogens is 312 g/mol. The smallest absolute Gasteiger partial charge is 0.251 e. The van der Waals surface area contributed by atoms with E-state index in [9.17, 15) is 4.79 Å². The first-order chi connectivity index (χ1) is 11.3. The van der Waals surface area contributed by atoms with Crippen LogP contribution in [0.2, 0.25) is 0 Å². The van der Waals surface area contributed by atoms with Crippen LogP contribution in [0.3, 0.4) is 0 Å². The summed E-state index contributed by atoms with van der Waals surface area (Å²) in [4.78, 5) is 18.9. The summed E-state index contributed by atoms with van der Waals surface area (Å²) in [5.41, 5.74) is 1.57. The van der Waals surface area contributed by atoms with E-state index in [1.54, 1.807) is 10.7 Å². The highest BCUT2D eigenvalue weighted by Gasteiger charge is 2.10. The molecule has 0 saturated heterocycles. The Balaban J connectivity index is 1.77. The Hall–Kier alpha value is -2.48. The van der Waals surface area contributed by atoms with Crippen LogP contribution in [0.1, 0.15) is 24.9 Å². The van der Waals surface area contributed by atoms with Gasteiger partial charge >= 0.3 is 0 Å². The van der Waals surface area contributed by atoms with Gasteiger partial charge in [-0.05, 0) is 29.0 Å². The monoisotopic (exact) mass is 328 g/mol. The fourth-order valence-corrected chi connectivity index (χ4v) is 2.93. The van der Waals surface area contributed by atoms with Crippen molar-refractivity contribution in [2.75, 3.05) is 0 Å². The Morgan fingerprint density at radius 2 is 2.09 bits per heavy atom. The quantitative estimate of drug-likeness (QED) is 0.550. The van der Waals surface area contributed by atoms with Gasteiger partial charge in [0.05, 0.1) is 11.4 Å². The number of aromatic nitrogens is 6. The first-order valence-corrected chi connectivity index (χ1v) is 8.30. The van der Waals surface area contributed by atoms with Crippen LogP contribution >= 0.6 is 11.8 Å². The van der Waals surface area contributed by atoms with E-state index in [-0.39, 0.29) is 5.56 Å².